The fraction of sp³-hybridized carbons (Fsp3) is 0.118. The lowest BCUT2D eigenvalue weighted by Crippen LogP contribution is -2.31. The summed E-state index contributed by atoms with van der Waals surface area (Å²) in [6, 6.07) is 11.9. The number of benzene rings is 2. The highest BCUT2D eigenvalue weighted by Crippen LogP contribution is 2.36. The molecular formula is C17H12N2O3. The van der Waals surface area contributed by atoms with Gasteiger partial charge >= 0.3 is 0 Å². The highest BCUT2D eigenvalue weighted by molar-refractivity contribution is 6.35. The third-order valence-corrected chi connectivity index (χ3v) is 3.74. The minimum absolute atomic E-state index is 0.257. The summed E-state index contributed by atoms with van der Waals surface area (Å²) in [6.07, 6.45) is 0. The van der Waals surface area contributed by atoms with Crippen LogP contribution in [-0.2, 0) is 0 Å². The van der Waals surface area contributed by atoms with Gasteiger partial charge in [0.15, 0.2) is 0 Å². The van der Waals surface area contributed by atoms with Gasteiger partial charge in [0.2, 0.25) is 0 Å². The number of fused-ring (bicyclic) bond motifs is 1. The predicted molar refractivity (Wildman–Crippen MR) is 80.0 cm³/mol. The van der Waals surface area contributed by atoms with E-state index in [9.17, 15) is 14.9 Å². The molecule has 0 atom stereocenters. The summed E-state index contributed by atoms with van der Waals surface area (Å²) in [6.45, 7) is 1.72. The number of rotatable bonds is 2. The fourth-order valence-corrected chi connectivity index (χ4v) is 2.67. The van der Waals surface area contributed by atoms with E-state index in [4.69, 9.17) is 4.74 Å². The van der Waals surface area contributed by atoms with Gasteiger partial charge in [-0.1, -0.05) is 12.1 Å². The van der Waals surface area contributed by atoms with Crippen molar-refractivity contribution < 1.29 is 14.3 Å². The number of hydrogen-bond donors (Lipinski definition) is 0. The molecule has 5 nitrogen and oxygen atoms in total. The van der Waals surface area contributed by atoms with Gasteiger partial charge in [0.05, 0.1) is 29.5 Å². The first-order valence-corrected chi connectivity index (χ1v) is 6.65. The lowest BCUT2D eigenvalue weighted by molar-refractivity contribution is 0.0926. The van der Waals surface area contributed by atoms with E-state index in [1.165, 1.54) is 7.11 Å². The summed E-state index contributed by atoms with van der Waals surface area (Å²) in [5.74, 6) is -0.326. The van der Waals surface area contributed by atoms with E-state index in [1.54, 1.807) is 43.3 Å². The topological polar surface area (TPSA) is 70.4 Å². The van der Waals surface area contributed by atoms with Crippen LogP contribution in [0.2, 0.25) is 0 Å². The lowest BCUT2D eigenvalue weighted by Gasteiger charge is -2.19. The van der Waals surface area contributed by atoms with Crippen LogP contribution in [0.4, 0.5) is 5.69 Å². The molecule has 0 aromatic heterocycles. The van der Waals surface area contributed by atoms with Gasteiger partial charge in [-0.25, -0.2) is 4.90 Å². The molecule has 0 fully saturated rings. The van der Waals surface area contributed by atoms with Gasteiger partial charge in [0.1, 0.15) is 11.8 Å². The third kappa shape index (κ3) is 1.78. The monoisotopic (exact) mass is 292 g/mol. The van der Waals surface area contributed by atoms with Crippen LogP contribution in [0.15, 0.2) is 36.4 Å². The molecule has 0 saturated heterocycles. The van der Waals surface area contributed by atoms with Crippen LogP contribution in [0, 0.1) is 18.3 Å². The number of anilines is 1. The molecule has 22 heavy (non-hydrogen) atoms. The number of amides is 2. The van der Waals surface area contributed by atoms with E-state index in [0.29, 0.717) is 22.4 Å². The second kappa shape index (κ2) is 5.01. The van der Waals surface area contributed by atoms with E-state index in [2.05, 4.69) is 0 Å². The van der Waals surface area contributed by atoms with Gasteiger partial charge in [-0.05, 0) is 31.2 Å². The summed E-state index contributed by atoms with van der Waals surface area (Å²) >= 11 is 0. The van der Waals surface area contributed by atoms with Gasteiger partial charge in [-0.15, -0.1) is 0 Å². The van der Waals surface area contributed by atoms with Gasteiger partial charge in [-0.2, -0.15) is 5.26 Å². The zero-order valence-corrected chi connectivity index (χ0v) is 12.1. The molecule has 108 valence electrons. The molecule has 0 aliphatic carbocycles. The molecule has 0 spiro atoms. The van der Waals surface area contributed by atoms with Crippen molar-refractivity contribution >= 4 is 17.5 Å². The average Bonchev–Trinajstić information content (AvgIpc) is 2.79. The van der Waals surface area contributed by atoms with Gasteiger partial charge in [0, 0.05) is 5.56 Å². The van der Waals surface area contributed by atoms with Crippen molar-refractivity contribution in [2.75, 3.05) is 12.0 Å². The number of carbonyl (C=O) groups excluding carboxylic acids is 2. The number of imide groups is 1. The second-order valence-corrected chi connectivity index (χ2v) is 4.89. The molecular weight excluding hydrogens is 280 g/mol. The van der Waals surface area contributed by atoms with E-state index in [0.717, 1.165) is 4.90 Å². The smallest absolute Gasteiger partial charge is 0.266 e. The molecule has 1 aliphatic heterocycles. The Bertz CT molecular complexity index is 814. The summed E-state index contributed by atoms with van der Waals surface area (Å²) in [7, 11) is 1.50. The summed E-state index contributed by atoms with van der Waals surface area (Å²) < 4.78 is 5.23. The molecule has 5 heteroatoms. The van der Waals surface area contributed by atoms with Crippen LogP contribution < -0.4 is 9.64 Å². The third-order valence-electron chi connectivity index (χ3n) is 3.74. The molecule has 2 amide bonds. The number of hydrogen-bond acceptors (Lipinski definition) is 4. The van der Waals surface area contributed by atoms with Gasteiger partial charge in [0.25, 0.3) is 11.8 Å². The Kier molecular flexibility index (Phi) is 3.15. The number of ether oxygens (including phenoxy) is 1. The van der Waals surface area contributed by atoms with Crippen molar-refractivity contribution in [1.29, 1.82) is 5.26 Å². The summed E-state index contributed by atoms with van der Waals surface area (Å²) in [5.41, 5.74) is 1.81. The normalized spacial score (nSPS) is 13.0. The van der Waals surface area contributed by atoms with Crippen molar-refractivity contribution in [3.63, 3.8) is 0 Å². The largest absolute Gasteiger partial charge is 0.496 e. The van der Waals surface area contributed by atoms with Crippen LogP contribution in [0.3, 0.4) is 0 Å². The maximum Gasteiger partial charge on any atom is 0.266 e. The van der Waals surface area contributed by atoms with Gasteiger partial charge in [-0.3, -0.25) is 9.59 Å². The SMILES string of the molecule is COc1ccc(C#N)c(N2C(=O)c3ccccc3C2=O)c1C. The Balaban J connectivity index is 2.24. The van der Waals surface area contributed by atoms with Crippen LogP contribution in [0.25, 0.3) is 0 Å². The zero-order chi connectivity index (χ0) is 15.9. The Morgan fingerprint density at radius 3 is 2.14 bits per heavy atom. The average molecular weight is 292 g/mol. The number of nitriles is 1. The second-order valence-electron chi connectivity index (χ2n) is 4.89. The molecule has 1 aliphatic rings. The Morgan fingerprint density at radius 2 is 1.64 bits per heavy atom. The molecule has 2 aromatic rings. The highest BCUT2D eigenvalue weighted by atomic mass is 16.5. The standard InChI is InChI=1S/C17H12N2O3/c1-10-14(22-2)8-7-11(9-18)15(10)19-16(20)12-5-3-4-6-13(12)17(19)21/h3-8H,1-2H3. The minimum atomic E-state index is -0.423. The van der Waals surface area contributed by atoms with Crippen LogP contribution in [0.1, 0.15) is 31.8 Å². The van der Waals surface area contributed by atoms with E-state index >= 15 is 0 Å². The molecule has 0 radical (unpaired) electrons. The van der Waals surface area contributed by atoms with Crippen molar-refractivity contribution in [2.24, 2.45) is 0 Å². The number of methoxy groups -OCH3 is 1. The zero-order valence-electron chi connectivity index (χ0n) is 12.1. The number of carbonyl (C=O) groups is 2. The quantitative estimate of drug-likeness (QED) is 0.798. The van der Waals surface area contributed by atoms with Crippen molar-refractivity contribution in [2.45, 2.75) is 6.92 Å². The van der Waals surface area contributed by atoms with Crippen molar-refractivity contribution in [3.8, 4) is 11.8 Å². The predicted octanol–water partition coefficient (Wildman–Crippen LogP) is 2.68. The van der Waals surface area contributed by atoms with E-state index in [-0.39, 0.29) is 11.3 Å². The summed E-state index contributed by atoms with van der Waals surface area (Å²) in [4.78, 5) is 26.2. The molecule has 0 unspecified atom stereocenters. The Labute approximate surface area is 127 Å². The van der Waals surface area contributed by atoms with Crippen LogP contribution in [0.5, 0.6) is 5.75 Å². The Hall–Kier alpha value is -3.13. The van der Waals surface area contributed by atoms with Crippen molar-refractivity contribution in [3.05, 3.63) is 58.7 Å². The van der Waals surface area contributed by atoms with Crippen molar-refractivity contribution in [1.82, 2.24) is 0 Å². The van der Waals surface area contributed by atoms with E-state index < -0.39 is 11.8 Å². The Morgan fingerprint density at radius 1 is 1.05 bits per heavy atom. The number of nitrogens with zero attached hydrogens (tertiary/aromatic N) is 2. The molecule has 0 saturated carbocycles. The maximum absolute atomic E-state index is 12.6. The highest BCUT2D eigenvalue weighted by Gasteiger charge is 2.38. The maximum atomic E-state index is 12.6. The minimum Gasteiger partial charge on any atom is -0.496 e. The van der Waals surface area contributed by atoms with Crippen LogP contribution in [-0.4, -0.2) is 18.9 Å². The molecule has 2 aromatic carbocycles. The first-order chi connectivity index (χ1) is 10.6. The summed E-state index contributed by atoms with van der Waals surface area (Å²) in [5, 5.41) is 9.32. The van der Waals surface area contributed by atoms with Gasteiger partial charge < -0.3 is 4.74 Å². The first-order valence-electron chi connectivity index (χ1n) is 6.65. The first kappa shape index (κ1) is 13.8. The lowest BCUT2D eigenvalue weighted by atomic mass is 10.1. The molecule has 1 heterocycles. The fourth-order valence-electron chi connectivity index (χ4n) is 2.67. The molecule has 0 N–H and O–H groups in total. The van der Waals surface area contributed by atoms with E-state index in [1.807, 2.05) is 6.07 Å². The van der Waals surface area contributed by atoms with Crippen LogP contribution >= 0.6 is 0 Å². The molecule has 0 bridgehead atoms. The molecule has 3 rings (SSSR count).